The van der Waals surface area contributed by atoms with Crippen molar-refractivity contribution >= 4 is 11.6 Å². The molecule has 1 heterocycles. The van der Waals surface area contributed by atoms with Crippen molar-refractivity contribution in [2.24, 2.45) is 0 Å². The van der Waals surface area contributed by atoms with Gasteiger partial charge in [0.2, 0.25) is 11.8 Å². The van der Waals surface area contributed by atoms with Gasteiger partial charge in [0, 0.05) is 0 Å². The molecule has 0 aliphatic carbocycles. The van der Waals surface area contributed by atoms with Crippen LogP contribution in [0.1, 0.15) is 5.89 Å². The molecule has 0 bridgehead atoms. The summed E-state index contributed by atoms with van der Waals surface area (Å²) >= 11 is 6.12. The van der Waals surface area contributed by atoms with E-state index in [1.165, 1.54) is 0 Å². The highest BCUT2D eigenvalue weighted by Gasteiger charge is 2.11. The van der Waals surface area contributed by atoms with Crippen molar-refractivity contribution < 1.29 is 13.9 Å². The van der Waals surface area contributed by atoms with Gasteiger partial charge in [0.15, 0.2) is 11.5 Å². The van der Waals surface area contributed by atoms with Crippen LogP contribution in [0.5, 0.6) is 11.5 Å². The van der Waals surface area contributed by atoms with Gasteiger partial charge in [-0.15, -0.1) is 10.2 Å². The molecule has 3 aromatic rings. The average molecular weight is 331 g/mol. The maximum atomic E-state index is 6.12. The van der Waals surface area contributed by atoms with E-state index in [0.717, 1.165) is 5.56 Å². The first-order valence-electron chi connectivity index (χ1n) is 7.11. The predicted octanol–water partition coefficient (Wildman–Crippen LogP) is 4.02. The van der Waals surface area contributed by atoms with Crippen molar-refractivity contribution in [3.05, 3.63) is 59.4 Å². The molecule has 0 saturated carbocycles. The molecule has 0 saturated heterocycles. The molecule has 0 unspecified atom stereocenters. The molecule has 0 atom stereocenters. The first kappa shape index (κ1) is 15.4. The Labute approximate surface area is 138 Å². The van der Waals surface area contributed by atoms with Crippen molar-refractivity contribution in [1.29, 1.82) is 0 Å². The molecule has 6 heteroatoms. The fourth-order valence-electron chi connectivity index (χ4n) is 2.08. The van der Waals surface area contributed by atoms with E-state index >= 15 is 0 Å². The van der Waals surface area contributed by atoms with Crippen LogP contribution in [0, 0.1) is 0 Å². The van der Waals surface area contributed by atoms with Gasteiger partial charge < -0.3 is 13.9 Å². The van der Waals surface area contributed by atoms with Crippen molar-refractivity contribution in [1.82, 2.24) is 10.2 Å². The zero-order chi connectivity index (χ0) is 16.1. The third-order valence-electron chi connectivity index (χ3n) is 3.21. The first-order valence-corrected chi connectivity index (χ1v) is 7.49. The summed E-state index contributed by atoms with van der Waals surface area (Å²) in [5.41, 5.74) is 0.721. The smallest absolute Gasteiger partial charge is 0.249 e. The molecule has 0 fully saturated rings. The molecular formula is C17H15ClN2O3. The summed E-state index contributed by atoms with van der Waals surface area (Å²) in [6.45, 7) is 0.407. The fourth-order valence-corrected chi connectivity index (χ4v) is 2.30. The quantitative estimate of drug-likeness (QED) is 0.683. The van der Waals surface area contributed by atoms with E-state index in [2.05, 4.69) is 10.2 Å². The average Bonchev–Trinajstić information content (AvgIpc) is 3.04. The van der Waals surface area contributed by atoms with Crippen LogP contribution in [-0.2, 0) is 6.42 Å². The van der Waals surface area contributed by atoms with E-state index in [9.17, 15) is 0 Å². The highest BCUT2D eigenvalue weighted by Crippen LogP contribution is 2.27. The Bertz CT molecular complexity index is 789. The number of para-hydroxylation sites is 2. The standard InChI is InChI=1S/C17H15ClN2O3/c1-21-14-8-4-5-9-15(14)22-11-10-16-19-20-17(23-16)12-6-2-3-7-13(12)18/h2-9H,10-11H2,1H3. The van der Waals surface area contributed by atoms with Crippen LogP contribution in [0.15, 0.2) is 52.9 Å². The number of methoxy groups -OCH3 is 1. The summed E-state index contributed by atoms with van der Waals surface area (Å²) < 4.78 is 16.6. The molecule has 0 amide bonds. The lowest BCUT2D eigenvalue weighted by molar-refractivity contribution is 0.287. The van der Waals surface area contributed by atoms with Crippen LogP contribution >= 0.6 is 11.6 Å². The molecule has 1 aromatic heterocycles. The lowest BCUT2D eigenvalue weighted by Crippen LogP contribution is -2.02. The number of halogens is 1. The number of aromatic nitrogens is 2. The van der Waals surface area contributed by atoms with Gasteiger partial charge in [-0.25, -0.2) is 0 Å². The zero-order valence-electron chi connectivity index (χ0n) is 12.5. The lowest BCUT2D eigenvalue weighted by atomic mass is 10.2. The van der Waals surface area contributed by atoms with Crippen LogP contribution in [0.2, 0.25) is 5.02 Å². The molecule has 0 radical (unpaired) electrons. The number of benzene rings is 2. The van der Waals surface area contributed by atoms with Crippen molar-refractivity contribution in [2.45, 2.75) is 6.42 Å². The monoisotopic (exact) mass is 330 g/mol. The lowest BCUT2D eigenvalue weighted by Gasteiger charge is -2.08. The summed E-state index contributed by atoms with van der Waals surface area (Å²) in [6, 6.07) is 14.8. The minimum absolute atomic E-state index is 0.405. The van der Waals surface area contributed by atoms with E-state index in [0.29, 0.717) is 41.3 Å². The Balaban J connectivity index is 1.63. The normalized spacial score (nSPS) is 10.5. The second-order valence-electron chi connectivity index (χ2n) is 4.73. The zero-order valence-corrected chi connectivity index (χ0v) is 13.3. The molecule has 118 valence electrons. The predicted molar refractivity (Wildman–Crippen MR) is 86.9 cm³/mol. The number of hydrogen-bond donors (Lipinski definition) is 0. The van der Waals surface area contributed by atoms with E-state index in [-0.39, 0.29) is 0 Å². The van der Waals surface area contributed by atoms with E-state index in [4.69, 9.17) is 25.5 Å². The van der Waals surface area contributed by atoms with Gasteiger partial charge in [-0.1, -0.05) is 35.9 Å². The molecular weight excluding hydrogens is 316 g/mol. The topological polar surface area (TPSA) is 57.4 Å². The maximum Gasteiger partial charge on any atom is 0.249 e. The summed E-state index contributed by atoms with van der Waals surface area (Å²) in [5.74, 6) is 2.27. The second-order valence-corrected chi connectivity index (χ2v) is 5.14. The van der Waals surface area contributed by atoms with Crippen LogP contribution in [0.4, 0.5) is 0 Å². The van der Waals surface area contributed by atoms with Gasteiger partial charge >= 0.3 is 0 Å². The van der Waals surface area contributed by atoms with Crippen LogP contribution in [0.3, 0.4) is 0 Å². The van der Waals surface area contributed by atoms with Crippen LogP contribution < -0.4 is 9.47 Å². The van der Waals surface area contributed by atoms with Gasteiger partial charge in [0.05, 0.1) is 30.7 Å². The maximum absolute atomic E-state index is 6.12. The first-order chi connectivity index (χ1) is 11.3. The molecule has 5 nitrogen and oxygen atoms in total. The second kappa shape index (κ2) is 7.15. The minimum atomic E-state index is 0.405. The highest BCUT2D eigenvalue weighted by atomic mass is 35.5. The van der Waals surface area contributed by atoms with Gasteiger partial charge in [-0.3, -0.25) is 0 Å². The number of ether oxygens (including phenoxy) is 2. The molecule has 0 aliphatic heterocycles. The third kappa shape index (κ3) is 3.63. The Morgan fingerprint density at radius 3 is 2.52 bits per heavy atom. The minimum Gasteiger partial charge on any atom is -0.493 e. The van der Waals surface area contributed by atoms with Crippen LogP contribution in [-0.4, -0.2) is 23.9 Å². The number of hydrogen-bond acceptors (Lipinski definition) is 5. The van der Waals surface area contributed by atoms with Crippen molar-refractivity contribution in [2.75, 3.05) is 13.7 Å². The SMILES string of the molecule is COc1ccccc1OCCc1nnc(-c2ccccc2Cl)o1. The van der Waals surface area contributed by atoms with Crippen LogP contribution in [0.25, 0.3) is 11.5 Å². The summed E-state index contributed by atoms with van der Waals surface area (Å²) in [5, 5.41) is 8.62. The number of nitrogens with zero attached hydrogens (tertiary/aromatic N) is 2. The Morgan fingerprint density at radius 1 is 1.00 bits per heavy atom. The van der Waals surface area contributed by atoms with E-state index in [1.54, 1.807) is 13.2 Å². The Kier molecular flexibility index (Phi) is 4.78. The van der Waals surface area contributed by atoms with E-state index < -0.39 is 0 Å². The Hall–Kier alpha value is -2.53. The summed E-state index contributed by atoms with van der Waals surface area (Å²) in [4.78, 5) is 0. The molecule has 0 N–H and O–H groups in total. The molecule has 0 spiro atoms. The highest BCUT2D eigenvalue weighted by molar-refractivity contribution is 6.33. The van der Waals surface area contributed by atoms with Gasteiger partial charge in [0.25, 0.3) is 0 Å². The molecule has 0 aliphatic rings. The third-order valence-corrected chi connectivity index (χ3v) is 3.54. The Morgan fingerprint density at radius 2 is 1.74 bits per heavy atom. The van der Waals surface area contributed by atoms with Gasteiger partial charge in [0.1, 0.15) is 0 Å². The van der Waals surface area contributed by atoms with Gasteiger partial charge in [-0.05, 0) is 24.3 Å². The summed E-state index contributed by atoms with van der Waals surface area (Å²) in [7, 11) is 1.61. The van der Waals surface area contributed by atoms with Gasteiger partial charge in [-0.2, -0.15) is 0 Å². The fraction of sp³-hybridized carbons (Fsp3) is 0.176. The molecule has 2 aromatic carbocycles. The van der Waals surface area contributed by atoms with Crippen molar-refractivity contribution in [3.63, 3.8) is 0 Å². The van der Waals surface area contributed by atoms with E-state index in [1.807, 2.05) is 42.5 Å². The summed E-state index contributed by atoms with van der Waals surface area (Å²) in [6.07, 6.45) is 0.496. The molecule has 23 heavy (non-hydrogen) atoms. The van der Waals surface area contributed by atoms with Crippen molar-refractivity contribution in [3.8, 4) is 23.0 Å². The largest absolute Gasteiger partial charge is 0.493 e. The molecule has 3 rings (SSSR count). The number of rotatable bonds is 6.